The molecule has 1 amide bonds. The Morgan fingerprint density at radius 3 is 2.15 bits per heavy atom. The summed E-state index contributed by atoms with van der Waals surface area (Å²) in [4.78, 5) is 15.6. The van der Waals surface area contributed by atoms with Crippen molar-refractivity contribution in [2.45, 2.75) is 69.1 Å². The van der Waals surface area contributed by atoms with Crippen molar-refractivity contribution in [2.24, 2.45) is 11.8 Å². The number of anilines is 1. The van der Waals surface area contributed by atoms with Gasteiger partial charge in [-0.2, -0.15) is 26.3 Å². The Balaban J connectivity index is 1.22. The fraction of sp³-hybridized carbons (Fsp3) is 0.619. The van der Waals surface area contributed by atoms with E-state index < -0.39 is 24.0 Å². The van der Waals surface area contributed by atoms with Crippen molar-refractivity contribution in [1.29, 1.82) is 0 Å². The van der Waals surface area contributed by atoms with Gasteiger partial charge < -0.3 is 9.73 Å². The first kappa shape index (κ1) is 23.5. The summed E-state index contributed by atoms with van der Waals surface area (Å²) in [7, 11) is 0. The van der Waals surface area contributed by atoms with E-state index in [9.17, 15) is 31.1 Å². The van der Waals surface area contributed by atoms with Crippen molar-refractivity contribution in [3.63, 3.8) is 0 Å². The average molecular weight is 476 g/mol. The zero-order valence-electron chi connectivity index (χ0n) is 17.4. The van der Waals surface area contributed by atoms with Crippen LogP contribution < -0.4 is 5.32 Å². The van der Waals surface area contributed by atoms with E-state index in [1.807, 2.05) is 0 Å². The van der Waals surface area contributed by atoms with Crippen molar-refractivity contribution in [2.75, 3.05) is 5.32 Å². The minimum Gasteiger partial charge on any atom is -0.425 e. The maximum absolute atomic E-state index is 12.7. The SMILES string of the molecule is O=C(CC1CCC(c2nnc(C3CC(C(F)(F)F)C3)o2)CC1)Nc1ccc(C(F)(F)F)nc1. The van der Waals surface area contributed by atoms with Crippen LogP contribution in [0.1, 0.15) is 74.3 Å². The molecule has 2 aliphatic rings. The molecule has 0 radical (unpaired) electrons. The molecule has 0 atom stereocenters. The molecule has 33 heavy (non-hydrogen) atoms. The van der Waals surface area contributed by atoms with Crippen molar-refractivity contribution in [1.82, 2.24) is 15.2 Å². The molecule has 2 aliphatic carbocycles. The number of nitrogens with zero attached hydrogens (tertiary/aromatic N) is 3. The zero-order chi connectivity index (χ0) is 23.8. The molecule has 180 valence electrons. The van der Waals surface area contributed by atoms with E-state index in [4.69, 9.17) is 4.42 Å². The highest BCUT2D eigenvalue weighted by Gasteiger charge is 2.49. The summed E-state index contributed by atoms with van der Waals surface area (Å²) in [6, 6.07) is 1.98. The van der Waals surface area contributed by atoms with Gasteiger partial charge in [0, 0.05) is 18.3 Å². The molecule has 1 N–H and O–H groups in total. The van der Waals surface area contributed by atoms with Crippen LogP contribution >= 0.6 is 0 Å². The molecule has 0 saturated heterocycles. The van der Waals surface area contributed by atoms with Crippen LogP contribution in [-0.4, -0.2) is 27.3 Å². The number of hydrogen-bond acceptors (Lipinski definition) is 5. The second-order valence-electron chi connectivity index (χ2n) is 8.79. The maximum Gasteiger partial charge on any atom is 0.433 e. The van der Waals surface area contributed by atoms with Crippen molar-refractivity contribution >= 4 is 11.6 Å². The third-order valence-electron chi connectivity index (χ3n) is 6.41. The van der Waals surface area contributed by atoms with Gasteiger partial charge in [0.1, 0.15) is 5.69 Å². The predicted octanol–water partition coefficient (Wildman–Crippen LogP) is 5.84. The van der Waals surface area contributed by atoms with Gasteiger partial charge in [-0.05, 0) is 56.6 Å². The third kappa shape index (κ3) is 5.64. The molecule has 0 aliphatic heterocycles. The fourth-order valence-corrected chi connectivity index (χ4v) is 4.39. The van der Waals surface area contributed by atoms with Crippen molar-refractivity contribution in [3.05, 3.63) is 35.8 Å². The molecule has 4 rings (SSSR count). The van der Waals surface area contributed by atoms with Crippen LogP contribution in [0.5, 0.6) is 0 Å². The summed E-state index contributed by atoms with van der Waals surface area (Å²) in [6.45, 7) is 0. The molecule has 6 nitrogen and oxygen atoms in total. The molecule has 0 spiro atoms. The third-order valence-corrected chi connectivity index (χ3v) is 6.41. The second-order valence-corrected chi connectivity index (χ2v) is 8.79. The predicted molar refractivity (Wildman–Crippen MR) is 103 cm³/mol. The first-order valence-electron chi connectivity index (χ1n) is 10.7. The quantitative estimate of drug-likeness (QED) is 0.549. The van der Waals surface area contributed by atoms with Gasteiger partial charge in [0.15, 0.2) is 0 Å². The summed E-state index contributed by atoms with van der Waals surface area (Å²) in [5.41, 5.74) is -0.829. The van der Waals surface area contributed by atoms with Crippen molar-refractivity contribution in [3.8, 4) is 0 Å². The lowest BCUT2D eigenvalue weighted by Gasteiger charge is -2.34. The van der Waals surface area contributed by atoms with E-state index in [1.54, 1.807) is 0 Å². The van der Waals surface area contributed by atoms with Crippen LogP contribution in [0.4, 0.5) is 32.0 Å². The standard InChI is InChI=1S/C21H22F6N4O2/c22-20(23,24)14-8-13(9-14)19-31-30-18(33-19)12-3-1-11(2-4-12)7-17(32)29-15-5-6-16(28-10-15)21(25,26)27/h5-6,10-14H,1-4,7-9H2,(H,29,32). The number of hydrogen-bond donors (Lipinski definition) is 1. The number of aromatic nitrogens is 3. The number of pyridine rings is 1. The Bertz CT molecular complexity index is 958. The molecular formula is C21H22F6N4O2. The zero-order valence-corrected chi connectivity index (χ0v) is 17.4. The summed E-state index contributed by atoms with van der Waals surface area (Å²) in [5, 5.41) is 10.5. The van der Waals surface area contributed by atoms with Gasteiger partial charge in [0.2, 0.25) is 17.7 Å². The number of carbonyl (C=O) groups is 1. The lowest BCUT2D eigenvalue weighted by Crippen LogP contribution is -2.34. The molecule has 2 aromatic heterocycles. The number of rotatable bonds is 5. The Morgan fingerprint density at radius 2 is 1.61 bits per heavy atom. The first-order valence-corrected chi connectivity index (χ1v) is 10.7. The van der Waals surface area contributed by atoms with Gasteiger partial charge in [-0.3, -0.25) is 4.79 Å². The molecule has 2 saturated carbocycles. The van der Waals surface area contributed by atoms with Gasteiger partial charge in [0.25, 0.3) is 0 Å². The lowest BCUT2D eigenvalue weighted by molar-refractivity contribution is -0.198. The molecule has 0 aromatic carbocycles. The van der Waals surface area contributed by atoms with Crippen LogP contribution in [0.15, 0.2) is 22.7 Å². The van der Waals surface area contributed by atoms with Crippen LogP contribution in [0.2, 0.25) is 0 Å². The molecule has 2 aromatic rings. The smallest absolute Gasteiger partial charge is 0.425 e. The summed E-state index contributed by atoms with van der Waals surface area (Å²) < 4.78 is 81.3. The van der Waals surface area contributed by atoms with Gasteiger partial charge in [-0.25, -0.2) is 4.98 Å². The number of carbonyl (C=O) groups excluding carboxylic acids is 1. The lowest BCUT2D eigenvalue weighted by atomic mass is 9.74. The average Bonchev–Trinajstić information content (AvgIpc) is 3.15. The molecule has 0 bridgehead atoms. The molecule has 12 heteroatoms. The molecule has 2 fully saturated rings. The largest absolute Gasteiger partial charge is 0.433 e. The van der Waals surface area contributed by atoms with E-state index in [0.29, 0.717) is 18.7 Å². The topological polar surface area (TPSA) is 80.9 Å². The van der Waals surface area contributed by atoms with E-state index >= 15 is 0 Å². The van der Waals surface area contributed by atoms with Crippen LogP contribution in [-0.2, 0) is 11.0 Å². The molecule has 0 unspecified atom stereocenters. The van der Waals surface area contributed by atoms with Crippen LogP contribution in [0.25, 0.3) is 0 Å². The Labute approximate surface area is 185 Å². The number of amides is 1. The Kier molecular flexibility index (Phi) is 6.37. The van der Waals surface area contributed by atoms with Crippen molar-refractivity contribution < 1.29 is 35.6 Å². The van der Waals surface area contributed by atoms with Crippen LogP contribution in [0.3, 0.4) is 0 Å². The van der Waals surface area contributed by atoms with E-state index in [1.165, 1.54) is 0 Å². The maximum atomic E-state index is 12.7. The van der Waals surface area contributed by atoms with Gasteiger partial charge in [-0.15, -0.1) is 10.2 Å². The van der Waals surface area contributed by atoms with Gasteiger partial charge in [-0.1, -0.05) is 0 Å². The van der Waals surface area contributed by atoms with Crippen LogP contribution in [0, 0.1) is 11.8 Å². The summed E-state index contributed by atoms with van der Waals surface area (Å²) in [6.07, 6.45) is -4.72. The summed E-state index contributed by atoms with van der Waals surface area (Å²) in [5.74, 6) is -1.16. The van der Waals surface area contributed by atoms with Gasteiger partial charge in [0.05, 0.1) is 17.8 Å². The number of alkyl halides is 6. The second kappa shape index (κ2) is 8.94. The minimum atomic E-state index is -4.54. The van der Waals surface area contributed by atoms with Gasteiger partial charge >= 0.3 is 12.4 Å². The highest BCUT2D eigenvalue weighted by Crippen LogP contribution is 2.49. The first-order chi connectivity index (χ1) is 15.5. The van der Waals surface area contributed by atoms with E-state index in [2.05, 4.69) is 20.5 Å². The molecular weight excluding hydrogens is 454 g/mol. The highest BCUT2D eigenvalue weighted by atomic mass is 19.4. The fourth-order valence-electron chi connectivity index (χ4n) is 4.39. The number of nitrogens with one attached hydrogen (secondary N) is 1. The Morgan fingerprint density at radius 1 is 0.970 bits per heavy atom. The Hall–Kier alpha value is -2.66. The monoisotopic (exact) mass is 476 g/mol. The van der Waals surface area contributed by atoms with E-state index in [-0.39, 0.29) is 54.5 Å². The highest BCUT2D eigenvalue weighted by molar-refractivity contribution is 5.90. The molecule has 2 heterocycles. The minimum absolute atomic E-state index is 0.00293. The van der Waals surface area contributed by atoms with E-state index in [0.717, 1.165) is 31.2 Å². The normalized spacial score (nSPS) is 26.0. The summed E-state index contributed by atoms with van der Waals surface area (Å²) >= 11 is 0. The number of halogens is 6.